The van der Waals surface area contributed by atoms with Crippen molar-refractivity contribution in [2.24, 2.45) is 7.05 Å². The maximum absolute atomic E-state index is 13.2. The smallest absolute Gasteiger partial charge is 0.209 e. The van der Waals surface area contributed by atoms with Gasteiger partial charge in [-0.1, -0.05) is 11.8 Å². The Kier molecular flexibility index (Phi) is 4.33. The van der Waals surface area contributed by atoms with Gasteiger partial charge in [-0.25, -0.2) is 9.07 Å². The van der Waals surface area contributed by atoms with Crippen LogP contribution in [-0.2, 0) is 7.05 Å². The van der Waals surface area contributed by atoms with Crippen LogP contribution in [0, 0.1) is 5.82 Å². The predicted octanol–water partition coefficient (Wildman–Crippen LogP) is 1.18. The normalized spacial score (nSPS) is 12.4. The molecule has 1 N–H and O–H groups in total. The van der Waals surface area contributed by atoms with E-state index >= 15 is 0 Å². The number of benzene rings is 1. The summed E-state index contributed by atoms with van der Waals surface area (Å²) in [7, 11) is 3.18. The van der Waals surface area contributed by atoms with Crippen LogP contribution in [0.25, 0.3) is 0 Å². The number of aliphatic hydroxyl groups is 1. The van der Waals surface area contributed by atoms with Crippen LogP contribution in [0.1, 0.15) is 11.7 Å². The highest BCUT2D eigenvalue weighted by molar-refractivity contribution is 7.99. The number of methoxy groups -OCH3 is 1. The van der Waals surface area contributed by atoms with Crippen LogP contribution >= 0.6 is 11.8 Å². The number of aromatic nitrogens is 4. The van der Waals surface area contributed by atoms with Crippen LogP contribution in [0.2, 0.25) is 0 Å². The molecule has 0 fully saturated rings. The van der Waals surface area contributed by atoms with E-state index in [1.807, 2.05) is 0 Å². The monoisotopic (exact) mass is 284 g/mol. The molecule has 0 saturated heterocycles. The number of aryl methyl sites for hydroxylation is 1. The number of aliphatic hydroxyl groups excluding tert-OH is 1. The first kappa shape index (κ1) is 13.8. The molecule has 8 heteroatoms. The molecule has 102 valence electrons. The molecule has 2 rings (SSSR count). The van der Waals surface area contributed by atoms with Crippen molar-refractivity contribution in [2.45, 2.75) is 11.3 Å². The third kappa shape index (κ3) is 3.21. The first-order chi connectivity index (χ1) is 9.11. The van der Waals surface area contributed by atoms with Crippen LogP contribution in [0.15, 0.2) is 23.4 Å². The Morgan fingerprint density at radius 1 is 1.53 bits per heavy atom. The summed E-state index contributed by atoms with van der Waals surface area (Å²) in [6, 6.07) is 4.04. The minimum Gasteiger partial charge on any atom is -0.496 e. The van der Waals surface area contributed by atoms with Crippen molar-refractivity contribution in [2.75, 3.05) is 12.9 Å². The molecule has 6 nitrogen and oxygen atoms in total. The maximum Gasteiger partial charge on any atom is 0.209 e. The molecule has 0 saturated carbocycles. The summed E-state index contributed by atoms with van der Waals surface area (Å²) in [6.45, 7) is 0. The minimum absolute atomic E-state index is 0.300. The van der Waals surface area contributed by atoms with Crippen molar-refractivity contribution in [1.82, 2.24) is 20.2 Å². The quantitative estimate of drug-likeness (QED) is 0.831. The number of thioether (sulfide) groups is 1. The van der Waals surface area contributed by atoms with Gasteiger partial charge in [0, 0.05) is 18.4 Å². The van der Waals surface area contributed by atoms with Gasteiger partial charge in [0.1, 0.15) is 11.6 Å². The van der Waals surface area contributed by atoms with Crippen molar-refractivity contribution >= 4 is 11.8 Å². The average molecular weight is 284 g/mol. The summed E-state index contributed by atoms with van der Waals surface area (Å²) in [5.74, 6) is 0.333. The highest BCUT2D eigenvalue weighted by atomic mass is 32.2. The molecule has 0 spiro atoms. The number of hydrogen-bond acceptors (Lipinski definition) is 6. The Labute approximate surface area is 113 Å². The molecule has 1 atom stereocenters. The fourth-order valence-electron chi connectivity index (χ4n) is 1.55. The van der Waals surface area contributed by atoms with Crippen LogP contribution in [0.4, 0.5) is 4.39 Å². The number of nitrogens with zero attached hydrogens (tertiary/aromatic N) is 4. The SMILES string of the molecule is COc1ccc(F)cc1C(O)CSc1nnnn1C. The highest BCUT2D eigenvalue weighted by Crippen LogP contribution is 2.29. The molecule has 1 heterocycles. The summed E-state index contributed by atoms with van der Waals surface area (Å²) in [5, 5.41) is 21.6. The Morgan fingerprint density at radius 3 is 2.95 bits per heavy atom. The van der Waals surface area contributed by atoms with E-state index in [0.717, 1.165) is 0 Å². The van der Waals surface area contributed by atoms with E-state index in [1.54, 1.807) is 7.05 Å². The fourth-order valence-corrected chi connectivity index (χ4v) is 2.36. The van der Waals surface area contributed by atoms with Crippen LogP contribution in [0.5, 0.6) is 5.75 Å². The number of halogens is 1. The third-order valence-electron chi connectivity index (χ3n) is 2.50. The molecule has 1 aromatic carbocycles. The third-order valence-corrected chi connectivity index (χ3v) is 3.59. The molecule has 0 aliphatic carbocycles. The van der Waals surface area contributed by atoms with Gasteiger partial charge in [-0.2, -0.15) is 0 Å². The van der Waals surface area contributed by atoms with Gasteiger partial charge in [-0.05, 0) is 28.6 Å². The molecule has 1 unspecified atom stereocenters. The first-order valence-corrected chi connectivity index (χ1v) is 6.47. The molecule has 0 radical (unpaired) electrons. The molecular formula is C11H13FN4O2S. The predicted molar refractivity (Wildman–Crippen MR) is 67.4 cm³/mol. The number of ether oxygens (including phenoxy) is 1. The Balaban J connectivity index is 2.09. The Hall–Kier alpha value is -1.67. The summed E-state index contributed by atoms with van der Waals surface area (Å²) >= 11 is 1.28. The largest absolute Gasteiger partial charge is 0.496 e. The maximum atomic E-state index is 13.2. The topological polar surface area (TPSA) is 73.1 Å². The lowest BCUT2D eigenvalue weighted by Crippen LogP contribution is -2.05. The molecule has 0 aliphatic heterocycles. The van der Waals surface area contributed by atoms with E-state index < -0.39 is 11.9 Å². The van der Waals surface area contributed by atoms with E-state index in [9.17, 15) is 9.50 Å². The average Bonchev–Trinajstić information content (AvgIpc) is 2.81. The zero-order valence-electron chi connectivity index (χ0n) is 10.4. The van der Waals surface area contributed by atoms with Crippen LogP contribution in [-0.4, -0.2) is 38.2 Å². The fraction of sp³-hybridized carbons (Fsp3) is 0.364. The summed E-state index contributed by atoms with van der Waals surface area (Å²) in [6.07, 6.45) is -0.868. The lowest BCUT2D eigenvalue weighted by atomic mass is 10.1. The summed E-state index contributed by atoms with van der Waals surface area (Å²) in [5.41, 5.74) is 0.408. The molecule has 2 aromatic rings. The van der Waals surface area contributed by atoms with Crippen LogP contribution in [0.3, 0.4) is 0 Å². The van der Waals surface area contributed by atoms with E-state index in [-0.39, 0.29) is 0 Å². The Bertz CT molecular complexity index is 563. The van der Waals surface area contributed by atoms with Crippen molar-refractivity contribution in [1.29, 1.82) is 0 Å². The molecular weight excluding hydrogens is 271 g/mol. The van der Waals surface area contributed by atoms with Gasteiger partial charge in [-0.15, -0.1) is 5.10 Å². The molecule has 0 bridgehead atoms. The Morgan fingerprint density at radius 2 is 2.32 bits per heavy atom. The number of rotatable bonds is 5. The molecule has 1 aromatic heterocycles. The second-order valence-corrected chi connectivity index (χ2v) is 4.79. The summed E-state index contributed by atoms with van der Waals surface area (Å²) in [4.78, 5) is 0. The zero-order chi connectivity index (χ0) is 13.8. The van der Waals surface area contributed by atoms with Gasteiger partial charge >= 0.3 is 0 Å². The zero-order valence-corrected chi connectivity index (χ0v) is 11.3. The highest BCUT2D eigenvalue weighted by Gasteiger charge is 2.16. The van der Waals surface area contributed by atoms with Gasteiger partial charge in [0.25, 0.3) is 0 Å². The van der Waals surface area contributed by atoms with E-state index in [0.29, 0.717) is 22.2 Å². The van der Waals surface area contributed by atoms with Crippen molar-refractivity contribution < 1.29 is 14.2 Å². The van der Waals surface area contributed by atoms with E-state index in [1.165, 1.54) is 41.8 Å². The molecule has 0 aliphatic rings. The number of tetrazole rings is 1. The van der Waals surface area contributed by atoms with Crippen LogP contribution < -0.4 is 4.74 Å². The van der Waals surface area contributed by atoms with Gasteiger partial charge in [0.05, 0.1) is 13.2 Å². The summed E-state index contributed by atoms with van der Waals surface area (Å²) < 4.78 is 19.8. The molecule has 0 amide bonds. The van der Waals surface area contributed by atoms with Gasteiger partial charge < -0.3 is 9.84 Å². The van der Waals surface area contributed by atoms with Crippen molar-refractivity contribution in [3.05, 3.63) is 29.6 Å². The van der Waals surface area contributed by atoms with E-state index in [2.05, 4.69) is 15.5 Å². The minimum atomic E-state index is -0.868. The van der Waals surface area contributed by atoms with Crippen molar-refractivity contribution in [3.8, 4) is 5.75 Å². The molecule has 19 heavy (non-hydrogen) atoms. The second kappa shape index (κ2) is 5.98. The van der Waals surface area contributed by atoms with Crippen molar-refractivity contribution in [3.63, 3.8) is 0 Å². The standard InChI is InChI=1S/C11H13FN4O2S/c1-16-11(13-14-15-16)19-6-9(17)8-5-7(12)3-4-10(8)18-2/h3-5,9,17H,6H2,1-2H3. The second-order valence-electron chi connectivity index (χ2n) is 3.80. The van der Waals surface area contributed by atoms with Gasteiger partial charge in [0.2, 0.25) is 5.16 Å². The number of hydrogen-bond donors (Lipinski definition) is 1. The lowest BCUT2D eigenvalue weighted by Gasteiger charge is -2.14. The van der Waals surface area contributed by atoms with Gasteiger partial charge in [-0.3, -0.25) is 0 Å². The van der Waals surface area contributed by atoms with E-state index in [4.69, 9.17) is 4.74 Å². The lowest BCUT2D eigenvalue weighted by molar-refractivity contribution is 0.198. The first-order valence-electron chi connectivity index (χ1n) is 5.48. The van der Waals surface area contributed by atoms with Gasteiger partial charge in [0.15, 0.2) is 0 Å².